The van der Waals surface area contributed by atoms with Crippen LogP contribution >= 0.6 is 11.8 Å². The second kappa shape index (κ2) is 7.08. The number of hydrogen-bond acceptors (Lipinski definition) is 5. The summed E-state index contributed by atoms with van der Waals surface area (Å²) in [6, 6.07) is 5.60. The van der Waals surface area contributed by atoms with Crippen LogP contribution in [0.25, 0.3) is 0 Å². The average Bonchev–Trinajstić information content (AvgIpc) is 3.03. The van der Waals surface area contributed by atoms with Crippen molar-refractivity contribution in [3.63, 3.8) is 0 Å². The van der Waals surface area contributed by atoms with Crippen LogP contribution in [0.1, 0.15) is 25.7 Å². The number of thioether (sulfide) groups is 1. The number of nitrogen functional groups attached to an aromatic ring is 1. The monoisotopic (exact) mass is 335 g/mol. The number of aromatic nitrogens is 1. The molecule has 3 atom stereocenters. The number of carbonyl (C=O) groups is 2. The van der Waals surface area contributed by atoms with Crippen molar-refractivity contribution in [1.82, 2.24) is 15.6 Å². The molecule has 0 saturated carbocycles. The normalized spacial score (nSPS) is 25.6. The number of amides is 3. The Morgan fingerprint density at radius 1 is 1.39 bits per heavy atom. The maximum Gasteiger partial charge on any atom is 0.315 e. The lowest BCUT2D eigenvalue weighted by molar-refractivity contribution is -0.116. The molecule has 3 heterocycles. The van der Waals surface area contributed by atoms with E-state index in [1.165, 1.54) is 0 Å². The van der Waals surface area contributed by atoms with Gasteiger partial charge in [0.2, 0.25) is 5.91 Å². The molecule has 0 unspecified atom stereocenters. The Bertz CT molecular complexity index is 597. The minimum Gasteiger partial charge on any atom is -0.384 e. The van der Waals surface area contributed by atoms with Crippen molar-refractivity contribution >= 4 is 35.3 Å². The molecule has 5 N–H and O–H groups in total. The summed E-state index contributed by atoms with van der Waals surface area (Å²) in [4.78, 5) is 27.2. The van der Waals surface area contributed by atoms with Gasteiger partial charge in [-0.05, 0) is 25.0 Å². The Hall–Kier alpha value is -1.96. The fourth-order valence-corrected chi connectivity index (χ4v) is 4.54. The highest BCUT2D eigenvalue weighted by Crippen LogP contribution is 2.33. The maximum absolute atomic E-state index is 11.9. The molecule has 2 aliphatic rings. The van der Waals surface area contributed by atoms with Gasteiger partial charge in [0, 0.05) is 17.4 Å². The van der Waals surface area contributed by atoms with Crippen LogP contribution in [0.15, 0.2) is 18.2 Å². The van der Waals surface area contributed by atoms with Crippen LogP contribution < -0.4 is 21.7 Å². The number of nitrogens with zero attached hydrogens (tertiary/aromatic N) is 1. The van der Waals surface area contributed by atoms with Gasteiger partial charge in [-0.25, -0.2) is 9.78 Å². The van der Waals surface area contributed by atoms with Crippen LogP contribution in [-0.4, -0.2) is 40.0 Å². The molecule has 7 nitrogen and oxygen atoms in total. The second-order valence-corrected chi connectivity index (χ2v) is 7.14. The largest absolute Gasteiger partial charge is 0.384 e. The van der Waals surface area contributed by atoms with Gasteiger partial charge in [0.1, 0.15) is 11.6 Å². The zero-order valence-electron chi connectivity index (χ0n) is 12.7. The van der Waals surface area contributed by atoms with Gasteiger partial charge in [-0.1, -0.05) is 12.5 Å². The minimum atomic E-state index is -0.0562. The van der Waals surface area contributed by atoms with Crippen LogP contribution in [0.2, 0.25) is 0 Å². The summed E-state index contributed by atoms with van der Waals surface area (Å²) in [6.45, 7) is 0. The summed E-state index contributed by atoms with van der Waals surface area (Å²) >= 11 is 1.90. The van der Waals surface area contributed by atoms with Crippen molar-refractivity contribution in [2.45, 2.75) is 43.0 Å². The number of hydrogen-bond donors (Lipinski definition) is 4. The van der Waals surface area contributed by atoms with Gasteiger partial charge in [-0.3, -0.25) is 4.79 Å². The Kier molecular flexibility index (Phi) is 4.90. The number of urea groups is 1. The molecule has 2 fully saturated rings. The Labute approximate surface area is 139 Å². The standard InChI is InChI=1S/C15H21N5O2S/c16-11-5-3-6-12(18-11)19-13(21)7-2-1-4-10-14-9(8-23-10)17-15(22)20-14/h3,5-6,9-10,14H,1-2,4,7-8H2,(H2,17,20,22)(H3,16,18,19,21)/t9-,10-,14-/m0/s1. The summed E-state index contributed by atoms with van der Waals surface area (Å²) in [7, 11) is 0. The molecule has 3 amide bonds. The number of pyridine rings is 1. The van der Waals surface area contributed by atoms with E-state index >= 15 is 0 Å². The quantitative estimate of drug-likeness (QED) is 0.463. The third-order valence-corrected chi connectivity index (χ3v) is 5.63. The summed E-state index contributed by atoms with van der Waals surface area (Å²) in [5, 5.41) is 9.11. The van der Waals surface area contributed by atoms with E-state index in [0.717, 1.165) is 25.0 Å². The van der Waals surface area contributed by atoms with E-state index in [-0.39, 0.29) is 24.0 Å². The lowest BCUT2D eigenvalue weighted by atomic mass is 10.0. The Morgan fingerprint density at radius 3 is 3.09 bits per heavy atom. The molecule has 3 rings (SSSR count). The number of fused-ring (bicyclic) bond motifs is 1. The number of rotatable bonds is 6. The van der Waals surface area contributed by atoms with Crippen molar-refractivity contribution in [2.24, 2.45) is 0 Å². The number of nitrogens with one attached hydrogen (secondary N) is 3. The van der Waals surface area contributed by atoms with Crippen LogP contribution in [0, 0.1) is 0 Å². The first-order valence-corrected chi connectivity index (χ1v) is 8.88. The lowest BCUT2D eigenvalue weighted by Crippen LogP contribution is -2.36. The molecule has 0 spiro atoms. The van der Waals surface area contributed by atoms with Gasteiger partial charge in [-0.15, -0.1) is 0 Å². The number of anilines is 2. The average molecular weight is 335 g/mol. The molecule has 0 bridgehead atoms. The highest BCUT2D eigenvalue weighted by atomic mass is 32.2. The van der Waals surface area contributed by atoms with Crippen LogP contribution in [0.4, 0.5) is 16.4 Å². The molecule has 2 saturated heterocycles. The number of carbonyl (C=O) groups excluding carboxylic acids is 2. The zero-order valence-corrected chi connectivity index (χ0v) is 13.6. The Balaban J connectivity index is 1.35. The summed E-state index contributed by atoms with van der Waals surface area (Å²) in [5.74, 6) is 1.80. The van der Waals surface area contributed by atoms with Crippen molar-refractivity contribution in [3.8, 4) is 0 Å². The van der Waals surface area contributed by atoms with Gasteiger partial charge >= 0.3 is 6.03 Å². The molecule has 8 heteroatoms. The number of unbranched alkanes of at least 4 members (excludes halogenated alkanes) is 1. The van der Waals surface area contributed by atoms with Crippen molar-refractivity contribution in [2.75, 3.05) is 16.8 Å². The van der Waals surface area contributed by atoms with Crippen LogP contribution in [-0.2, 0) is 4.79 Å². The molecular weight excluding hydrogens is 314 g/mol. The third kappa shape index (κ3) is 4.07. The smallest absolute Gasteiger partial charge is 0.315 e. The van der Waals surface area contributed by atoms with E-state index in [9.17, 15) is 9.59 Å². The van der Waals surface area contributed by atoms with E-state index in [0.29, 0.717) is 23.3 Å². The van der Waals surface area contributed by atoms with Crippen molar-refractivity contribution < 1.29 is 9.59 Å². The molecule has 124 valence electrons. The Morgan fingerprint density at radius 2 is 2.26 bits per heavy atom. The summed E-state index contributed by atoms with van der Waals surface area (Å²) in [6.07, 6.45) is 3.27. The fourth-order valence-electron chi connectivity index (χ4n) is 3.00. The molecule has 0 aliphatic carbocycles. The molecule has 0 aromatic carbocycles. The first-order chi connectivity index (χ1) is 11.1. The van der Waals surface area contributed by atoms with E-state index in [1.54, 1.807) is 18.2 Å². The maximum atomic E-state index is 11.9. The van der Waals surface area contributed by atoms with Gasteiger partial charge in [0.25, 0.3) is 0 Å². The molecular formula is C15H21N5O2S. The zero-order chi connectivity index (χ0) is 16.2. The minimum absolute atomic E-state index is 0.0455. The van der Waals surface area contributed by atoms with Crippen LogP contribution in [0.3, 0.4) is 0 Å². The van der Waals surface area contributed by atoms with Gasteiger partial charge in [-0.2, -0.15) is 11.8 Å². The molecule has 1 aromatic heterocycles. The van der Waals surface area contributed by atoms with Crippen molar-refractivity contribution in [3.05, 3.63) is 18.2 Å². The van der Waals surface area contributed by atoms with E-state index in [4.69, 9.17) is 5.73 Å². The summed E-state index contributed by atoms with van der Waals surface area (Å²) < 4.78 is 0. The number of nitrogens with two attached hydrogens (primary N) is 1. The fraction of sp³-hybridized carbons (Fsp3) is 0.533. The topological polar surface area (TPSA) is 109 Å². The summed E-state index contributed by atoms with van der Waals surface area (Å²) in [5.41, 5.74) is 5.58. The van der Waals surface area contributed by atoms with Crippen LogP contribution in [0.5, 0.6) is 0 Å². The van der Waals surface area contributed by atoms with E-state index in [1.807, 2.05) is 11.8 Å². The van der Waals surface area contributed by atoms with Gasteiger partial charge in [0.05, 0.1) is 12.1 Å². The molecule has 1 aromatic rings. The first-order valence-electron chi connectivity index (χ1n) is 7.83. The molecule has 23 heavy (non-hydrogen) atoms. The SMILES string of the molecule is Nc1cccc(NC(=O)CCCC[C@@H]2SC[C@@H]3NC(=O)N[C@@H]32)n1. The lowest BCUT2D eigenvalue weighted by Gasteiger charge is -2.16. The van der Waals surface area contributed by atoms with Crippen molar-refractivity contribution in [1.29, 1.82) is 0 Å². The highest BCUT2D eigenvalue weighted by Gasteiger charge is 2.42. The van der Waals surface area contributed by atoms with Gasteiger partial charge in [0.15, 0.2) is 0 Å². The molecule has 0 radical (unpaired) electrons. The molecule has 2 aliphatic heterocycles. The van der Waals surface area contributed by atoms with E-state index < -0.39 is 0 Å². The van der Waals surface area contributed by atoms with E-state index in [2.05, 4.69) is 20.9 Å². The first kappa shape index (κ1) is 15.9. The highest BCUT2D eigenvalue weighted by molar-refractivity contribution is 8.00. The second-order valence-electron chi connectivity index (χ2n) is 5.86. The van der Waals surface area contributed by atoms with Gasteiger partial charge < -0.3 is 21.7 Å². The third-order valence-electron chi connectivity index (χ3n) is 4.12. The predicted octanol–water partition coefficient (Wildman–Crippen LogP) is 1.33. The predicted molar refractivity (Wildman–Crippen MR) is 91.2 cm³/mol.